The molecule has 0 heterocycles. The van der Waals surface area contributed by atoms with E-state index < -0.39 is 0 Å². The Hall–Kier alpha value is -1.35. The minimum absolute atomic E-state index is 0.158. The summed E-state index contributed by atoms with van der Waals surface area (Å²) < 4.78 is 0. The van der Waals surface area contributed by atoms with Gasteiger partial charge in [0.1, 0.15) is 0 Å². The molecular weight excluding hydrogens is 236 g/mol. The fourth-order valence-electron chi connectivity index (χ4n) is 2.72. The zero-order valence-electron chi connectivity index (χ0n) is 11.8. The molecule has 0 radical (unpaired) electrons. The molecule has 0 aliphatic heterocycles. The molecule has 1 aliphatic carbocycles. The Morgan fingerprint density at radius 3 is 2.58 bits per heavy atom. The van der Waals surface area contributed by atoms with Crippen LogP contribution in [0.4, 0.5) is 0 Å². The van der Waals surface area contributed by atoms with Gasteiger partial charge >= 0.3 is 0 Å². The molecule has 1 aromatic rings. The Morgan fingerprint density at radius 1 is 1.21 bits per heavy atom. The van der Waals surface area contributed by atoms with Crippen molar-refractivity contribution in [1.29, 1.82) is 0 Å². The standard InChI is InChI=1S/C16H24N2O/c1-18(12-14-8-4-2-5-9-14)13-16(19)17-15-10-6-3-7-11-15/h2,4-5,8-9,15H,3,6-7,10-13H2,1H3,(H,17,19). The second-order valence-corrected chi connectivity index (χ2v) is 5.56. The number of carbonyl (C=O) groups excluding carboxylic acids is 1. The van der Waals surface area contributed by atoms with E-state index in [9.17, 15) is 4.79 Å². The minimum atomic E-state index is 0.158. The predicted octanol–water partition coefficient (Wildman–Crippen LogP) is 2.57. The first-order valence-corrected chi connectivity index (χ1v) is 7.26. The third-order valence-electron chi connectivity index (χ3n) is 3.68. The van der Waals surface area contributed by atoms with Crippen LogP contribution in [0.1, 0.15) is 37.7 Å². The molecule has 0 spiro atoms. The van der Waals surface area contributed by atoms with Crippen LogP contribution < -0.4 is 5.32 Å². The number of hydrogen-bond donors (Lipinski definition) is 1. The second kappa shape index (κ2) is 7.29. The molecule has 1 fully saturated rings. The van der Waals surface area contributed by atoms with Crippen LogP contribution >= 0.6 is 0 Å². The summed E-state index contributed by atoms with van der Waals surface area (Å²) in [4.78, 5) is 14.0. The van der Waals surface area contributed by atoms with Crippen molar-refractivity contribution in [1.82, 2.24) is 10.2 Å². The van der Waals surface area contributed by atoms with Crippen molar-refractivity contribution >= 4 is 5.91 Å². The smallest absolute Gasteiger partial charge is 0.234 e. The monoisotopic (exact) mass is 260 g/mol. The van der Waals surface area contributed by atoms with Crippen molar-refractivity contribution in [2.45, 2.75) is 44.7 Å². The third-order valence-corrected chi connectivity index (χ3v) is 3.68. The van der Waals surface area contributed by atoms with Crippen LogP contribution in [0, 0.1) is 0 Å². The number of nitrogens with one attached hydrogen (secondary N) is 1. The molecule has 1 amide bonds. The molecule has 0 saturated heterocycles. The molecule has 0 bridgehead atoms. The van der Waals surface area contributed by atoms with Crippen LogP contribution in [0.2, 0.25) is 0 Å². The summed E-state index contributed by atoms with van der Waals surface area (Å²) in [5.74, 6) is 0.158. The van der Waals surface area contributed by atoms with E-state index in [2.05, 4.69) is 22.3 Å². The largest absolute Gasteiger partial charge is 0.352 e. The van der Waals surface area contributed by atoms with Gasteiger partial charge in [-0.1, -0.05) is 49.6 Å². The summed E-state index contributed by atoms with van der Waals surface area (Å²) in [6.45, 7) is 1.30. The topological polar surface area (TPSA) is 32.3 Å². The highest BCUT2D eigenvalue weighted by Gasteiger charge is 2.16. The van der Waals surface area contributed by atoms with Gasteiger partial charge in [0.15, 0.2) is 0 Å². The number of rotatable bonds is 5. The lowest BCUT2D eigenvalue weighted by Gasteiger charge is -2.24. The number of benzene rings is 1. The van der Waals surface area contributed by atoms with Crippen molar-refractivity contribution in [2.75, 3.05) is 13.6 Å². The lowest BCUT2D eigenvalue weighted by atomic mass is 9.95. The van der Waals surface area contributed by atoms with Crippen molar-refractivity contribution in [3.8, 4) is 0 Å². The number of likely N-dealkylation sites (N-methyl/N-ethyl adjacent to an activating group) is 1. The fraction of sp³-hybridized carbons (Fsp3) is 0.562. The van der Waals surface area contributed by atoms with Gasteiger partial charge in [-0.05, 0) is 25.5 Å². The zero-order valence-corrected chi connectivity index (χ0v) is 11.8. The van der Waals surface area contributed by atoms with Crippen LogP contribution in [0.15, 0.2) is 30.3 Å². The molecule has 3 nitrogen and oxygen atoms in total. The molecule has 0 atom stereocenters. The van der Waals surface area contributed by atoms with Crippen molar-refractivity contribution in [3.63, 3.8) is 0 Å². The van der Waals surface area contributed by atoms with Gasteiger partial charge in [-0.3, -0.25) is 9.69 Å². The molecule has 1 aromatic carbocycles. The van der Waals surface area contributed by atoms with E-state index in [-0.39, 0.29) is 5.91 Å². The second-order valence-electron chi connectivity index (χ2n) is 5.56. The maximum Gasteiger partial charge on any atom is 0.234 e. The van der Waals surface area contributed by atoms with Gasteiger partial charge in [0, 0.05) is 12.6 Å². The summed E-state index contributed by atoms with van der Waals surface area (Å²) in [6.07, 6.45) is 6.12. The summed E-state index contributed by atoms with van der Waals surface area (Å²) in [5, 5.41) is 3.15. The maximum atomic E-state index is 12.0. The van der Waals surface area contributed by atoms with Gasteiger partial charge in [-0.2, -0.15) is 0 Å². The van der Waals surface area contributed by atoms with Gasteiger partial charge in [0.05, 0.1) is 6.54 Å². The molecule has 0 unspecified atom stereocenters. The van der Waals surface area contributed by atoms with Gasteiger partial charge < -0.3 is 5.32 Å². The van der Waals surface area contributed by atoms with Crippen LogP contribution in [0.3, 0.4) is 0 Å². The molecular formula is C16H24N2O. The highest BCUT2D eigenvalue weighted by molar-refractivity contribution is 5.78. The molecule has 3 heteroatoms. The first-order chi connectivity index (χ1) is 9.24. The molecule has 104 valence electrons. The number of nitrogens with zero attached hydrogens (tertiary/aromatic N) is 1. The van der Waals surface area contributed by atoms with E-state index in [4.69, 9.17) is 0 Å². The van der Waals surface area contributed by atoms with Gasteiger partial charge in [0.25, 0.3) is 0 Å². The summed E-state index contributed by atoms with van der Waals surface area (Å²) in [5.41, 5.74) is 1.25. The van der Waals surface area contributed by atoms with E-state index in [1.807, 2.05) is 25.2 Å². The van der Waals surface area contributed by atoms with Crippen molar-refractivity contribution in [2.24, 2.45) is 0 Å². The summed E-state index contributed by atoms with van der Waals surface area (Å²) >= 11 is 0. The van der Waals surface area contributed by atoms with E-state index in [0.29, 0.717) is 12.6 Å². The van der Waals surface area contributed by atoms with E-state index >= 15 is 0 Å². The minimum Gasteiger partial charge on any atom is -0.352 e. The SMILES string of the molecule is CN(CC(=O)NC1CCCCC1)Cc1ccccc1. The lowest BCUT2D eigenvalue weighted by molar-refractivity contribution is -0.123. The highest BCUT2D eigenvalue weighted by atomic mass is 16.2. The fourth-order valence-corrected chi connectivity index (χ4v) is 2.72. The van der Waals surface area contributed by atoms with Gasteiger partial charge in [-0.15, -0.1) is 0 Å². The van der Waals surface area contributed by atoms with Crippen molar-refractivity contribution in [3.05, 3.63) is 35.9 Å². The number of amides is 1. The Balaban J connectivity index is 1.72. The Labute approximate surface area is 116 Å². The quantitative estimate of drug-likeness (QED) is 0.882. The molecule has 19 heavy (non-hydrogen) atoms. The average Bonchev–Trinajstić information content (AvgIpc) is 2.40. The van der Waals surface area contributed by atoms with Crippen molar-refractivity contribution < 1.29 is 4.79 Å². The summed E-state index contributed by atoms with van der Waals surface area (Å²) in [6, 6.07) is 10.7. The Bertz CT molecular complexity index is 385. The van der Waals surface area contributed by atoms with Crippen LogP contribution in [0.5, 0.6) is 0 Å². The first-order valence-electron chi connectivity index (χ1n) is 7.26. The lowest BCUT2D eigenvalue weighted by Crippen LogP contribution is -2.41. The Morgan fingerprint density at radius 2 is 1.89 bits per heavy atom. The highest BCUT2D eigenvalue weighted by Crippen LogP contribution is 2.17. The van der Waals surface area contributed by atoms with E-state index in [1.54, 1.807) is 0 Å². The third kappa shape index (κ3) is 5.03. The normalized spacial score (nSPS) is 16.5. The van der Waals surface area contributed by atoms with Gasteiger partial charge in [0.2, 0.25) is 5.91 Å². The zero-order chi connectivity index (χ0) is 13.5. The first kappa shape index (κ1) is 14.1. The van der Waals surface area contributed by atoms with E-state index in [1.165, 1.54) is 24.8 Å². The molecule has 2 rings (SSSR count). The van der Waals surface area contributed by atoms with Gasteiger partial charge in [-0.25, -0.2) is 0 Å². The molecule has 1 saturated carbocycles. The maximum absolute atomic E-state index is 12.0. The Kier molecular flexibility index (Phi) is 5.40. The number of hydrogen-bond acceptors (Lipinski definition) is 2. The molecule has 0 aromatic heterocycles. The molecule has 1 aliphatic rings. The predicted molar refractivity (Wildman–Crippen MR) is 77.8 cm³/mol. The average molecular weight is 260 g/mol. The van der Waals surface area contributed by atoms with E-state index in [0.717, 1.165) is 19.4 Å². The summed E-state index contributed by atoms with van der Waals surface area (Å²) in [7, 11) is 1.99. The van der Waals surface area contributed by atoms with Crippen LogP contribution in [0.25, 0.3) is 0 Å². The van der Waals surface area contributed by atoms with Crippen LogP contribution in [-0.4, -0.2) is 30.4 Å². The van der Waals surface area contributed by atoms with Crippen LogP contribution in [-0.2, 0) is 11.3 Å². The number of carbonyl (C=O) groups is 1. The molecule has 1 N–H and O–H groups in total.